The highest BCUT2D eigenvalue weighted by molar-refractivity contribution is 6.36. The van der Waals surface area contributed by atoms with E-state index in [1.54, 1.807) is 20.8 Å². The summed E-state index contributed by atoms with van der Waals surface area (Å²) in [5.41, 5.74) is -0.443. The first-order valence-electron chi connectivity index (χ1n) is 7.61. The minimum absolute atomic E-state index is 0.101. The van der Waals surface area contributed by atoms with Crippen molar-refractivity contribution in [2.45, 2.75) is 26.4 Å². The topological polar surface area (TPSA) is 67.4 Å². The molecule has 2 amide bonds. The lowest BCUT2D eigenvalue weighted by Gasteiger charge is -2.20. The van der Waals surface area contributed by atoms with E-state index in [0.717, 1.165) is 6.07 Å². The summed E-state index contributed by atoms with van der Waals surface area (Å²) in [5.74, 6) is -1.31. The molecule has 0 aliphatic rings. The van der Waals surface area contributed by atoms with E-state index < -0.39 is 23.4 Å². The van der Waals surface area contributed by atoms with E-state index >= 15 is 0 Å². The predicted octanol–water partition coefficient (Wildman–Crippen LogP) is 5.73. The second-order valence-corrected chi connectivity index (χ2v) is 7.24. The molecule has 2 aromatic rings. The first kappa shape index (κ1) is 20.0. The number of ether oxygens (including phenoxy) is 1. The van der Waals surface area contributed by atoms with Crippen LogP contribution >= 0.6 is 23.2 Å². The normalized spacial score (nSPS) is 11.0. The fourth-order valence-corrected chi connectivity index (χ4v) is 2.36. The van der Waals surface area contributed by atoms with Crippen LogP contribution in [0, 0.1) is 5.82 Å². The number of hydrogen-bond donors (Lipinski definition) is 2. The fraction of sp³-hybridized carbons (Fsp3) is 0.222. The second kappa shape index (κ2) is 7.93. The maximum absolute atomic E-state index is 14.0. The fourth-order valence-electron chi connectivity index (χ4n) is 1.98. The lowest BCUT2D eigenvalue weighted by Crippen LogP contribution is -2.27. The van der Waals surface area contributed by atoms with Gasteiger partial charge in [-0.1, -0.05) is 23.2 Å². The van der Waals surface area contributed by atoms with Crippen LogP contribution in [0.2, 0.25) is 10.0 Å². The van der Waals surface area contributed by atoms with Crippen LogP contribution in [0.4, 0.5) is 20.6 Å². The van der Waals surface area contributed by atoms with E-state index in [4.69, 9.17) is 27.9 Å². The molecule has 0 fully saturated rings. The van der Waals surface area contributed by atoms with Gasteiger partial charge in [-0.3, -0.25) is 10.1 Å². The minimum Gasteiger partial charge on any atom is -0.444 e. The number of halogens is 3. The third-order valence-electron chi connectivity index (χ3n) is 3.03. The molecule has 0 saturated heterocycles. The maximum atomic E-state index is 14.0. The summed E-state index contributed by atoms with van der Waals surface area (Å²) < 4.78 is 19.1. The van der Waals surface area contributed by atoms with Crippen LogP contribution in [0.3, 0.4) is 0 Å². The lowest BCUT2D eigenvalue weighted by molar-refractivity contribution is 0.0636. The molecule has 2 aromatic carbocycles. The molecule has 0 aliphatic carbocycles. The molecule has 26 heavy (non-hydrogen) atoms. The van der Waals surface area contributed by atoms with Crippen molar-refractivity contribution in [1.29, 1.82) is 0 Å². The standard InChI is InChI=1S/C18H17Cl2FN2O3/c1-18(2,3)26-17(25)22-11-5-7-14(21)15(9-11)23-16(24)12-8-10(19)4-6-13(12)20/h4-9H,1-3H3,(H,22,25)(H,23,24). The predicted molar refractivity (Wildman–Crippen MR) is 101 cm³/mol. The van der Waals surface area contributed by atoms with Crippen molar-refractivity contribution < 1.29 is 18.7 Å². The molecule has 0 aromatic heterocycles. The number of rotatable bonds is 3. The molecule has 0 bridgehead atoms. The molecular weight excluding hydrogens is 382 g/mol. The van der Waals surface area contributed by atoms with Crippen LogP contribution in [-0.4, -0.2) is 17.6 Å². The van der Waals surface area contributed by atoms with Crippen molar-refractivity contribution in [1.82, 2.24) is 0 Å². The van der Waals surface area contributed by atoms with Crippen molar-refractivity contribution in [3.63, 3.8) is 0 Å². The number of carbonyl (C=O) groups is 2. The van der Waals surface area contributed by atoms with Gasteiger partial charge in [0.05, 0.1) is 16.3 Å². The third-order valence-corrected chi connectivity index (χ3v) is 3.60. The number of amides is 2. The Morgan fingerprint density at radius 1 is 1.04 bits per heavy atom. The van der Waals surface area contributed by atoms with Crippen LogP contribution in [0.25, 0.3) is 0 Å². The Morgan fingerprint density at radius 2 is 1.73 bits per heavy atom. The summed E-state index contributed by atoms with van der Waals surface area (Å²) in [6.07, 6.45) is -0.695. The number of benzene rings is 2. The van der Waals surface area contributed by atoms with Gasteiger partial charge in [-0.25, -0.2) is 9.18 Å². The van der Waals surface area contributed by atoms with E-state index in [1.807, 2.05) is 0 Å². The molecule has 8 heteroatoms. The van der Waals surface area contributed by atoms with Gasteiger partial charge in [0.15, 0.2) is 0 Å². The summed E-state index contributed by atoms with van der Waals surface area (Å²) in [7, 11) is 0. The average Bonchev–Trinajstić information content (AvgIpc) is 2.51. The van der Waals surface area contributed by atoms with Gasteiger partial charge in [0.1, 0.15) is 11.4 Å². The molecule has 0 saturated carbocycles. The second-order valence-electron chi connectivity index (χ2n) is 6.40. The van der Waals surface area contributed by atoms with Gasteiger partial charge >= 0.3 is 6.09 Å². The minimum atomic E-state index is -0.695. The molecule has 2 rings (SSSR count). The Balaban J connectivity index is 2.18. The number of carbonyl (C=O) groups excluding carboxylic acids is 2. The quantitative estimate of drug-likeness (QED) is 0.693. The summed E-state index contributed by atoms with van der Waals surface area (Å²) in [6, 6.07) is 8.11. The van der Waals surface area contributed by atoms with Crippen LogP contribution in [-0.2, 0) is 4.74 Å². The Labute approximate surface area is 160 Å². The first-order valence-corrected chi connectivity index (χ1v) is 8.37. The first-order chi connectivity index (χ1) is 12.0. The highest BCUT2D eigenvalue weighted by Crippen LogP contribution is 2.24. The number of hydrogen-bond acceptors (Lipinski definition) is 3. The molecule has 0 heterocycles. The molecule has 0 aliphatic heterocycles. The van der Waals surface area contributed by atoms with E-state index in [9.17, 15) is 14.0 Å². The zero-order chi connectivity index (χ0) is 19.5. The molecule has 138 valence electrons. The Kier molecular flexibility index (Phi) is 6.10. The Hall–Kier alpha value is -2.31. The van der Waals surface area contributed by atoms with Gasteiger partial charge in [0.2, 0.25) is 0 Å². The average molecular weight is 399 g/mol. The van der Waals surface area contributed by atoms with Crippen molar-refractivity contribution in [3.05, 3.63) is 57.8 Å². The number of nitrogens with one attached hydrogen (secondary N) is 2. The molecular formula is C18H17Cl2FN2O3. The van der Waals surface area contributed by atoms with Gasteiger partial charge in [-0.2, -0.15) is 0 Å². The summed E-state index contributed by atoms with van der Waals surface area (Å²) in [6.45, 7) is 5.16. The molecule has 0 atom stereocenters. The van der Waals surface area contributed by atoms with Gasteiger partial charge in [0, 0.05) is 10.7 Å². The lowest BCUT2D eigenvalue weighted by atomic mass is 10.2. The van der Waals surface area contributed by atoms with Crippen molar-refractivity contribution in [3.8, 4) is 0 Å². The number of anilines is 2. The van der Waals surface area contributed by atoms with Gasteiger partial charge in [-0.05, 0) is 57.2 Å². The monoisotopic (exact) mass is 398 g/mol. The highest BCUT2D eigenvalue weighted by atomic mass is 35.5. The molecule has 0 unspecified atom stereocenters. The zero-order valence-electron chi connectivity index (χ0n) is 14.3. The summed E-state index contributed by atoms with van der Waals surface area (Å²) in [4.78, 5) is 24.1. The van der Waals surface area contributed by atoms with Gasteiger partial charge < -0.3 is 10.1 Å². The Morgan fingerprint density at radius 3 is 2.38 bits per heavy atom. The van der Waals surface area contributed by atoms with E-state index in [0.29, 0.717) is 5.02 Å². The molecule has 2 N–H and O–H groups in total. The highest BCUT2D eigenvalue weighted by Gasteiger charge is 2.18. The van der Waals surface area contributed by atoms with Crippen LogP contribution in [0.15, 0.2) is 36.4 Å². The van der Waals surface area contributed by atoms with Crippen LogP contribution < -0.4 is 10.6 Å². The largest absolute Gasteiger partial charge is 0.444 e. The summed E-state index contributed by atoms with van der Waals surface area (Å²) in [5, 5.41) is 5.38. The molecule has 0 spiro atoms. The van der Waals surface area contributed by atoms with Crippen molar-refractivity contribution in [2.24, 2.45) is 0 Å². The van der Waals surface area contributed by atoms with E-state index in [-0.39, 0.29) is 22.0 Å². The van der Waals surface area contributed by atoms with Gasteiger partial charge in [0.25, 0.3) is 5.91 Å². The summed E-state index contributed by atoms with van der Waals surface area (Å²) >= 11 is 11.8. The molecule has 0 radical (unpaired) electrons. The van der Waals surface area contributed by atoms with Crippen molar-refractivity contribution >= 4 is 46.6 Å². The van der Waals surface area contributed by atoms with E-state index in [2.05, 4.69) is 10.6 Å². The smallest absolute Gasteiger partial charge is 0.412 e. The third kappa shape index (κ3) is 5.61. The van der Waals surface area contributed by atoms with E-state index in [1.165, 1.54) is 30.3 Å². The van der Waals surface area contributed by atoms with Crippen LogP contribution in [0.1, 0.15) is 31.1 Å². The Bertz CT molecular complexity index is 851. The molecule has 5 nitrogen and oxygen atoms in total. The zero-order valence-corrected chi connectivity index (χ0v) is 15.8. The SMILES string of the molecule is CC(C)(C)OC(=O)Nc1ccc(F)c(NC(=O)c2cc(Cl)ccc2Cl)c1. The maximum Gasteiger partial charge on any atom is 0.412 e. The van der Waals surface area contributed by atoms with Gasteiger partial charge in [-0.15, -0.1) is 0 Å². The van der Waals surface area contributed by atoms with Crippen molar-refractivity contribution in [2.75, 3.05) is 10.6 Å². The van der Waals surface area contributed by atoms with Crippen LogP contribution in [0.5, 0.6) is 0 Å².